The Morgan fingerprint density at radius 3 is 2.26 bits per heavy atom. The summed E-state index contributed by atoms with van der Waals surface area (Å²) < 4.78 is 0. The third kappa shape index (κ3) is 8.05. The quantitative estimate of drug-likeness (QED) is 0.132. The number of aromatic nitrogens is 1. The Hall–Kier alpha value is -5.44. The Kier molecular flexibility index (Phi) is 10.7. The molecular formula is C38H40N4O5. The Balaban J connectivity index is 1.54. The first kappa shape index (κ1) is 32.9. The molecule has 0 aliphatic carbocycles. The summed E-state index contributed by atoms with van der Waals surface area (Å²) in [5.41, 5.74) is 8.71. The number of likely N-dealkylation sites (N-methyl/N-ethyl adjacent to an activating group) is 1. The van der Waals surface area contributed by atoms with Crippen molar-refractivity contribution in [1.29, 1.82) is 0 Å². The molecule has 0 aliphatic heterocycles. The van der Waals surface area contributed by atoms with Gasteiger partial charge in [0.15, 0.2) is 0 Å². The van der Waals surface area contributed by atoms with Gasteiger partial charge in [-0.1, -0.05) is 91.0 Å². The van der Waals surface area contributed by atoms with Crippen LogP contribution in [0.1, 0.15) is 54.1 Å². The highest BCUT2D eigenvalue weighted by Gasteiger charge is 2.36. The van der Waals surface area contributed by atoms with E-state index in [4.69, 9.17) is 5.73 Å². The molecule has 0 spiro atoms. The fourth-order valence-electron chi connectivity index (χ4n) is 6.31. The Morgan fingerprint density at radius 1 is 0.830 bits per heavy atom. The highest BCUT2D eigenvalue weighted by Crippen LogP contribution is 2.26. The number of H-pyrrole nitrogens is 1. The highest BCUT2D eigenvalue weighted by molar-refractivity contribution is 6.08. The van der Waals surface area contributed by atoms with Crippen LogP contribution < -0.4 is 5.73 Å². The van der Waals surface area contributed by atoms with E-state index in [9.17, 15) is 24.3 Å². The summed E-state index contributed by atoms with van der Waals surface area (Å²) >= 11 is 0. The average Bonchev–Trinajstić information content (AvgIpc) is 3.50. The second-order valence-electron chi connectivity index (χ2n) is 11.8. The number of para-hydroxylation sites is 1. The van der Waals surface area contributed by atoms with Crippen LogP contribution in [0.4, 0.5) is 0 Å². The lowest BCUT2D eigenvalue weighted by Gasteiger charge is -2.38. The van der Waals surface area contributed by atoms with Gasteiger partial charge in [-0.05, 0) is 54.2 Å². The van der Waals surface area contributed by atoms with Crippen LogP contribution in [0, 0.1) is 0 Å². The Labute approximate surface area is 274 Å². The Bertz CT molecular complexity index is 1870. The van der Waals surface area contributed by atoms with Crippen molar-refractivity contribution in [2.24, 2.45) is 5.73 Å². The van der Waals surface area contributed by atoms with Crippen molar-refractivity contribution < 1.29 is 24.3 Å². The number of nitrogens with zero attached hydrogens (tertiary/aromatic N) is 2. The molecule has 2 atom stereocenters. The van der Waals surface area contributed by atoms with E-state index in [0.29, 0.717) is 12.0 Å². The molecular weight excluding hydrogens is 592 g/mol. The lowest BCUT2D eigenvalue weighted by atomic mass is 9.96. The number of aliphatic carboxylic acids is 1. The number of hydrogen-bond acceptors (Lipinski definition) is 4. The Morgan fingerprint density at radius 2 is 1.53 bits per heavy atom. The second kappa shape index (κ2) is 15.2. The maximum atomic E-state index is 14.8. The van der Waals surface area contributed by atoms with Gasteiger partial charge in [-0.2, -0.15) is 0 Å². The number of nitrogens with two attached hydrogens (primary N) is 1. The topological polar surface area (TPSA) is 137 Å². The van der Waals surface area contributed by atoms with Gasteiger partial charge in [0.2, 0.25) is 11.8 Å². The van der Waals surface area contributed by atoms with Crippen LogP contribution in [0.15, 0.2) is 103 Å². The maximum absolute atomic E-state index is 14.8. The molecule has 47 heavy (non-hydrogen) atoms. The first-order valence-corrected chi connectivity index (χ1v) is 15.9. The van der Waals surface area contributed by atoms with E-state index in [1.807, 2.05) is 104 Å². The van der Waals surface area contributed by atoms with Crippen LogP contribution in [-0.4, -0.2) is 62.2 Å². The molecule has 0 unspecified atom stereocenters. The number of amides is 3. The number of fused-ring (bicyclic) bond motifs is 2. The first-order chi connectivity index (χ1) is 22.7. The van der Waals surface area contributed by atoms with E-state index >= 15 is 0 Å². The van der Waals surface area contributed by atoms with Crippen molar-refractivity contribution in [3.8, 4) is 0 Å². The van der Waals surface area contributed by atoms with E-state index in [1.165, 1.54) is 0 Å². The third-order valence-electron chi connectivity index (χ3n) is 8.59. The van der Waals surface area contributed by atoms with Crippen molar-refractivity contribution in [3.05, 3.63) is 120 Å². The number of carboxylic acids is 1. The molecule has 0 saturated carbocycles. The normalized spacial score (nSPS) is 12.4. The molecule has 1 heterocycles. The maximum Gasteiger partial charge on any atom is 0.303 e. The zero-order valence-electron chi connectivity index (χ0n) is 26.5. The first-order valence-electron chi connectivity index (χ1n) is 15.9. The predicted molar refractivity (Wildman–Crippen MR) is 183 cm³/mol. The summed E-state index contributed by atoms with van der Waals surface area (Å²) in [4.78, 5) is 59.5. The van der Waals surface area contributed by atoms with E-state index in [1.54, 1.807) is 16.0 Å². The minimum absolute atomic E-state index is 0.0661. The summed E-state index contributed by atoms with van der Waals surface area (Å²) in [6.07, 6.45) is 2.12. The zero-order chi connectivity index (χ0) is 33.3. The van der Waals surface area contributed by atoms with Crippen molar-refractivity contribution >= 4 is 45.4 Å². The van der Waals surface area contributed by atoms with Gasteiger partial charge in [0.05, 0.1) is 5.56 Å². The molecule has 3 amide bonds. The largest absolute Gasteiger partial charge is 0.481 e. The molecule has 1 aromatic heterocycles. The molecule has 0 saturated heterocycles. The van der Waals surface area contributed by atoms with Crippen LogP contribution >= 0.6 is 0 Å². The SMILES string of the molecule is CCN(C(=O)[C@H](CCCC(=O)O)N(Cc1ccccc1)C(=O)c1c[nH]c2ccccc12)[C@H](CC(N)=O)Cc1ccc2ccccc2c1. The summed E-state index contributed by atoms with van der Waals surface area (Å²) in [6.45, 7) is 2.23. The second-order valence-corrected chi connectivity index (χ2v) is 11.8. The van der Waals surface area contributed by atoms with E-state index in [0.717, 1.165) is 32.8 Å². The van der Waals surface area contributed by atoms with Crippen LogP contribution in [0.2, 0.25) is 0 Å². The van der Waals surface area contributed by atoms with E-state index in [2.05, 4.69) is 4.98 Å². The lowest BCUT2D eigenvalue weighted by Crippen LogP contribution is -2.54. The molecule has 9 heteroatoms. The molecule has 0 bridgehead atoms. The number of benzene rings is 4. The molecule has 4 N–H and O–H groups in total. The van der Waals surface area contributed by atoms with E-state index in [-0.39, 0.29) is 50.6 Å². The van der Waals surface area contributed by atoms with Gasteiger partial charge >= 0.3 is 5.97 Å². The minimum Gasteiger partial charge on any atom is -0.481 e. The highest BCUT2D eigenvalue weighted by atomic mass is 16.4. The van der Waals surface area contributed by atoms with Crippen LogP contribution in [-0.2, 0) is 27.3 Å². The average molecular weight is 633 g/mol. The zero-order valence-corrected chi connectivity index (χ0v) is 26.5. The number of carbonyl (C=O) groups excluding carboxylic acids is 3. The number of carbonyl (C=O) groups is 4. The molecule has 0 radical (unpaired) electrons. The fraction of sp³-hybridized carbons (Fsp3) is 0.263. The van der Waals surface area contributed by atoms with Crippen LogP contribution in [0.3, 0.4) is 0 Å². The lowest BCUT2D eigenvalue weighted by molar-refractivity contribution is -0.141. The molecule has 0 aliphatic rings. The number of aromatic amines is 1. The van der Waals surface area contributed by atoms with Gasteiger partial charge in [0.25, 0.3) is 5.91 Å². The molecule has 5 aromatic rings. The molecule has 242 valence electrons. The molecule has 5 rings (SSSR count). The van der Waals surface area contributed by atoms with Gasteiger partial charge in [0, 0.05) is 49.1 Å². The minimum atomic E-state index is -0.998. The van der Waals surface area contributed by atoms with Gasteiger partial charge in [-0.15, -0.1) is 0 Å². The van der Waals surface area contributed by atoms with Gasteiger partial charge in [0.1, 0.15) is 6.04 Å². The number of hydrogen-bond donors (Lipinski definition) is 3. The number of carboxylic acid groups (broad SMARTS) is 1. The smallest absolute Gasteiger partial charge is 0.303 e. The monoisotopic (exact) mass is 632 g/mol. The third-order valence-corrected chi connectivity index (χ3v) is 8.59. The van der Waals surface area contributed by atoms with Crippen molar-refractivity contribution in [3.63, 3.8) is 0 Å². The molecule has 9 nitrogen and oxygen atoms in total. The number of rotatable bonds is 15. The number of primary amides is 1. The van der Waals surface area contributed by atoms with Crippen LogP contribution in [0.5, 0.6) is 0 Å². The summed E-state index contributed by atoms with van der Waals surface area (Å²) in [7, 11) is 0. The van der Waals surface area contributed by atoms with Crippen LogP contribution in [0.25, 0.3) is 21.7 Å². The van der Waals surface area contributed by atoms with Crippen molar-refractivity contribution in [1.82, 2.24) is 14.8 Å². The fourth-order valence-corrected chi connectivity index (χ4v) is 6.31. The predicted octanol–water partition coefficient (Wildman–Crippen LogP) is 5.92. The molecule has 4 aromatic carbocycles. The van der Waals surface area contributed by atoms with Gasteiger partial charge < -0.3 is 25.6 Å². The summed E-state index contributed by atoms with van der Waals surface area (Å²) in [5, 5.41) is 12.3. The molecule has 0 fully saturated rings. The van der Waals surface area contributed by atoms with Crippen molar-refractivity contribution in [2.75, 3.05) is 6.54 Å². The standard InChI is InChI=1S/C38H40N4O5/c1-2-41(30(23-35(39)43)22-27-19-20-28-13-6-7-14-29(28)21-27)38(47)34(17-10-18-36(44)45)42(25-26-11-4-3-5-12-26)37(46)32-24-40-33-16-9-8-15-31(32)33/h3-9,11-16,19-21,24,30,34,40H,2,10,17-18,22-23,25H2,1H3,(H2,39,43)(H,44,45)/t30-,34-/m0/s1. The van der Waals surface area contributed by atoms with E-state index < -0.39 is 24.0 Å². The summed E-state index contributed by atoms with van der Waals surface area (Å²) in [6, 6.07) is 29.3. The van der Waals surface area contributed by atoms with Gasteiger partial charge in [-0.25, -0.2) is 0 Å². The van der Waals surface area contributed by atoms with Gasteiger partial charge in [-0.3, -0.25) is 19.2 Å². The summed E-state index contributed by atoms with van der Waals surface area (Å²) in [5.74, 6) is -2.23. The number of nitrogens with one attached hydrogen (secondary N) is 1. The van der Waals surface area contributed by atoms with Crippen molar-refractivity contribution in [2.45, 2.75) is 57.7 Å².